The lowest BCUT2D eigenvalue weighted by molar-refractivity contribution is 0.0938. The van der Waals surface area contributed by atoms with E-state index in [1.54, 1.807) is 7.11 Å². The van der Waals surface area contributed by atoms with Gasteiger partial charge in [0.15, 0.2) is 0 Å². The second kappa shape index (κ2) is 8.26. The Bertz CT molecular complexity index is 847. The Morgan fingerprint density at radius 2 is 1.92 bits per heavy atom. The molecule has 1 heterocycles. The molecule has 1 amide bonds. The van der Waals surface area contributed by atoms with Gasteiger partial charge in [-0.15, -0.1) is 5.10 Å². The standard InChI is InChI=1S/C19H20N4O3/c1-26-16-9-7-14(8-10-16)11-20-19(25)18-21-13-23(22-18)12-17(24)15-5-3-2-4-6-15/h2-10,13,17,24H,11-12H2,1H3,(H,20,25)/t17-/m0/s1. The van der Waals surface area contributed by atoms with Crippen LogP contribution in [0.4, 0.5) is 0 Å². The molecule has 2 aromatic carbocycles. The van der Waals surface area contributed by atoms with Crippen molar-refractivity contribution in [2.24, 2.45) is 0 Å². The third kappa shape index (κ3) is 4.46. The molecular weight excluding hydrogens is 332 g/mol. The second-order valence-corrected chi connectivity index (χ2v) is 5.75. The third-order valence-corrected chi connectivity index (χ3v) is 3.90. The molecule has 3 aromatic rings. The highest BCUT2D eigenvalue weighted by molar-refractivity contribution is 5.90. The molecule has 0 saturated carbocycles. The van der Waals surface area contributed by atoms with Gasteiger partial charge in [-0.25, -0.2) is 9.67 Å². The van der Waals surface area contributed by atoms with Crippen molar-refractivity contribution in [3.63, 3.8) is 0 Å². The van der Waals surface area contributed by atoms with E-state index in [0.29, 0.717) is 6.54 Å². The molecule has 134 valence electrons. The van der Waals surface area contributed by atoms with E-state index in [2.05, 4.69) is 15.4 Å². The van der Waals surface area contributed by atoms with Gasteiger partial charge in [-0.3, -0.25) is 4.79 Å². The number of ether oxygens (including phenoxy) is 1. The number of aromatic nitrogens is 3. The molecule has 0 fully saturated rings. The lowest BCUT2D eigenvalue weighted by Gasteiger charge is -2.10. The number of carbonyl (C=O) groups is 1. The summed E-state index contributed by atoms with van der Waals surface area (Å²) in [6.07, 6.45) is 0.724. The summed E-state index contributed by atoms with van der Waals surface area (Å²) in [6, 6.07) is 16.7. The van der Waals surface area contributed by atoms with Gasteiger partial charge in [0.2, 0.25) is 5.82 Å². The first-order valence-electron chi connectivity index (χ1n) is 8.19. The molecule has 26 heavy (non-hydrogen) atoms. The average molecular weight is 352 g/mol. The minimum atomic E-state index is -0.715. The number of hydrogen-bond acceptors (Lipinski definition) is 5. The summed E-state index contributed by atoms with van der Waals surface area (Å²) in [6.45, 7) is 0.590. The Labute approximate surface area is 151 Å². The number of carbonyl (C=O) groups excluding carboxylic acids is 1. The van der Waals surface area contributed by atoms with Crippen molar-refractivity contribution in [2.45, 2.75) is 19.2 Å². The summed E-state index contributed by atoms with van der Waals surface area (Å²) in [4.78, 5) is 16.2. The van der Waals surface area contributed by atoms with E-state index in [0.717, 1.165) is 16.9 Å². The van der Waals surface area contributed by atoms with E-state index in [4.69, 9.17) is 4.74 Å². The number of nitrogens with one attached hydrogen (secondary N) is 1. The van der Waals surface area contributed by atoms with Crippen LogP contribution in [-0.4, -0.2) is 32.9 Å². The van der Waals surface area contributed by atoms with Crippen molar-refractivity contribution in [2.75, 3.05) is 7.11 Å². The molecule has 7 heteroatoms. The molecule has 0 aliphatic carbocycles. The first-order valence-corrected chi connectivity index (χ1v) is 8.19. The molecular formula is C19H20N4O3. The number of amides is 1. The maximum absolute atomic E-state index is 12.2. The SMILES string of the molecule is COc1ccc(CNC(=O)c2ncn(C[C@H](O)c3ccccc3)n2)cc1. The second-order valence-electron chi connectivity index (χ2n) is 5.75. The van der Waals surface area contributed by atoms with Crippen LogP contribution >= 0.6 is 0 Å². The summed E-state index contributed by atoms with van der Waals surface area (Å²) in [5.74, 6) is 0.463. The van der Waals surface area contributed by atoms with Crippen LogP contribution in [0.1, 0.15) is 27.8 Å². The largest absolute Gasteiger partial charge is 0.497 e. The zero-order valence-corrected chi connectivity index (χ0v) is 14.4. The minimum absolute atomic E-state index is 0.0683. The number of rotatable bonds is 7. The van der Waals surface area contributed by atoms with Crippen molar-refractivity contribution < 1.29 is 14.6 Å². The topological polar surface area (TPSA) is 89.3 Å². The van der Waals surface area contributed by atoms with Crippen LogP contribution in [0.25, 0.3) is 0 Å². The van der Waals surface area contributed by atoms with E-state index >= 15 is 0 Å². The number of aliphatic hydroxyl groups is 1. The number of aliphatic hydroxyl groups excluding tert-OH is 1. The van der Waals surface area contributed by atoms with Crippen LogP contribution in [-0.2, 0) is 13.1 Å². The minimum Gasteiger partial charge on any atom is -0.497 e. The quantitative estimate of drug-likeness (QED) is 0.678. The highest BCUT2D eigenvalue weighted by Gasteiger charge is 2.14. The zero-order valence-electron chi connectivity index (χ0n) is 14.4. The predicted octanol–water partition coefficient (Wildman–Crippen LogP) is 1.95. The van der Waals surface area contributed by atoms with Crippen LogP contribution in [0.15, 0.2) is 60.9 Å². The number of nitrogens with zero attached hydrogens (tertiary/aromatic N) is 3. The Balaban J connectivity index is 1.55. The molecule has 1 atom stereocenters. The highest BCUT2D eigenvalue weighted by atomic mass is 16.5. The van der Waals surface area contributed by atoms with E-state index in [9.17, 15) is 9.90 Å². The molecule has 0 spiro atoms. The molecule has 0 unspecified atom stereocenters. The van der Waals surface area contributed by atoms with Gasteiger partial charge in [0.1, 0.15) is 12.1 Å². The van der Waals surface area contributed by atoms with Crippen LogP contribution in [0.2, 0.25) is 0 Å². The number of benzene rings is 2. The Kier molecular flexibility index (Phi) is 5.60. The Morgan fingerprint density at radius 1 is 1.19 bits per heavy atom. The summed E-state index contributed by atoms with van der Waals surface area (Å²) in [5.41, 5.74) is 1.73. The van der Waals surface area contributed by atoms with Crippen LogP contribution < -0.4 is 10.1 Å². The Hall–Kier alpha value is -3.19. The van der Waals surface area contributed by atoms with Gasteiger partial charge in [-0.05, 0) is 23.3 Å². The number of hydrogen-bond donors (Lipinski definition) is 2. The van der Waals surface area contributed by atoms with E-state index in [-0.39, 0.29) is 18.3 Å². The summed E-state index contributed by atoms with van der Waals surface area (Å²) < 4.78 is 6.56. The van der Waals surface area contributed by atoms with E-state index in [1.807, 2.05) is 54.6 Å². The van der Waals surface area contributed by atoms with Crippen molar-refractivity contribution in [1.29, 1.82) is 0 Å². The molecule has 1 aromatic heterocycles. The van der Waals surface area contributed by atoms with Crippen LogP contribution in [0.3, 0.4) is 0 Å². The molecule has 3 rings (SSSR count). The van der Waals surface area contributed by atoms with Crippen molar-refractivity contribution in [3.05, 3.63) is 77.9 Å². The van der Waals surface area contributed by atoms with Gasteiger partial charge in [0.05, 0.1) is 19.8 Å². The van der Waals surface area contributed by atoms with Crippen molar-refractivity contribution in [1.82, 2.24) is 20.1 Å². The lowest BCUT2D eigenvalue weighted by Crippen LogP contribution is -2.24. The fraction of sp³-hybridized carbons (Fsp3) is 0.211. The fourth-order valence-electron chi connectivity index (χ4n) is 2.45. The van der Waals surface area contributed by atoms with E-state index < -0.39 is 6.10 Å². The van der Waals surface area contributed by atoms with Crippen LogP contribution in [0, 0.1) is 0 Å². The molecule has 7 nitrogen and oxygen atoms in total. The van der Waals surface area contributed by atoms with Gasteiger partial charge in [-0.1, -0.05) is 42.5 Å². The van der Waals surface area contributed by atoms with Crippen molar-refractivity contribution in [3.8, 4) is 5.75 Å². The fourth-order valence-corrected chi connectivity index (χ4v) is 2.45. The third-order valence-electron chi connectivity index (χ3n) is 3.90. The van der Waals surface area contributed by atoms with Crippen LogP contribution in [0.5, 0.6) is 5.75 Å². The lowest BCUT2D eigenvalue weighted by atomic mass is 10.1. The summed E-state index contributed by atoms with van der Waals surface area (Å²) >= 11 is 0. The van der Waals surface area contributed by atoms with Crippen molar-refractivity contribution >= 4 is 5.91 Å². The van der Waals surface area contributed by atoms with Gasteiger partial charge in [-0.2, -0.15) is 0 Å². The van der Waals surface area contributed by atoms with Gasteiger partial charge in [0.25, 0.3) is 5.91 Å². The molecule has 2 N–H and O–H groups in total. The molecule has 0 bridgehead atoms. The normalized spacial score (nSPS) is 11.8. The maximum atomic E-state index is 12.2. The van der Waals surface area contributed by atoms with E-state index in [1.165, 1.54) is 11.0 Å². The predicted molar refractivity (Wildman–Crippen MR) is 95.6 cm³/mol. The molecule has 0 aliphatic heterocycles. The average Bonchev–Trinajstić information content (AvgIpc) is 3.15. The molecule has 0 saturated heterocycles. The summed E-state index contributed by atoms with van der Waals surface area (Å²) in [7, 11) is 1.60. The molecule has 0 aliphatic rings. The zero-order chi connectivity index (χ0) is 18.4. The van der Waals surface area contributed by atoms with Gasteiger partial charge < -0.3 is 15.2 Å². The Morgan fingerprint density at radius 3 is 2.62 bits per heavy atom. The monoisotopic (exact) mass is 352 g/mol. The van der Waals surface area contributed by atoms with Gasteiger partial charge >= 0.3 is 0 Å². The highest BCUT2D eigenvalue weighted by Crippen LogP contribution is 2.14. The van der Waals surface area contributed by atoms with Gasteiger partial charge in [0, 0.05) is 6.54 Å². The number of methoxy groups -OCH3 is 1. The smallest absolute Gasteiger partial charge is 0.291 e. The maximum Gasteiger partial charge on any atom is 0.291 e. The first kappa shape index (κ1) is 17.6. The first-order chi connectivity index (χ1) is 12.7. The molecule has 0 radical (unpaired) electrons. The summed E-state index contributed by atoms with van der Waals surface area (Å²) in [5, 5.41) is 17.1.